The van der Waals surface area contributed by atoms with Gasteiger partial charge in [0, 0.05) is 17.0 Å². The third-order valence-corrected chi connectivity index (χ3v) is 5.17. The standard InChI is InChI=1S/C20H23N3O3/c1-12-8-7-11-15-13(2)17(25-16(12)15)18-22-20(26-23-18)19(24)21-14-9-5-3-4-6-10-14/h7-8,11,14H,3-6,9-10H2,1-2H3,(H,21,24). The van der Waals surface area contributed by atoms with E-state index in [0.29, 0.717) is 11.6 Å². The van der Waals surface area contributed by atoms with Crippen molar-refractivity contribution in [2.24, 2.45) is 0 Å². The minimum Gasteiger partial charge on any atom is -0.452 e. The second kappa shape index (κ2) is 6.94. The predicted molar refractivity (Wildman–Crippen MR) is 97.9 cm³/mol. The normalized spacial score (nSPS) is 15.9. The van der Waals surface area contributed by atoms with Gasteiger partial charge in [0.15, 0.2) is 5.76 Å². The van der Waals surface area contributed by atoms with E-state index in [1.54, 1.807) is 0 Å². The first-order valence-corrected chi connectivity index (χ1v) is 9.27. The Kier molecular flexibility index (Phi) is 4.49. The molecule has 0 atom stereocenters. The number of nitrogens with zero attached hydrogens (tertiary/aromatic N) is 2. The highest BCUT2D eigenvalue weighted by Gasteiger charge is 2.23. The van der Waals surface area contributed by atoms with Crippen LogP contribution in [-0.4, -0.2) is 22.1 Å². The van der Waals surface area contributed by atoms with Crippen molar-refractivity contribution in [1.82, 2.24) is 15.5 Å². The molecule has 6 heteroatoms. The Bertz CT molecular complexity index is 933. The first kappa shape index (κ1) is 16.8. The van der Waals surface area contributed by atoms with E-state index < -0.39 is 0 Å². The molecule has 1 saturated carbocycles. The fourth-order valence-electron chi connectivity index (χ4n) is 3.68. The van der Waals surface area contributed by atoms with Crippen LogP contribution in [0.1, 0.15) is 60.3 Å². The first-order valence-electron chi connectivity index (χ1n) is 9.27. The molecule has 0 radical (unpaired) electrons. The van der Waals surface area contributed by atoms with Crippen molar-refractivity contribution >= 4 is 16.9 Å². The van der Waals surface area contributed by atoms with Crippen molar-refractivity contribution in [3.05, 3.63) is 35.2 Å². The van der Waals surface area contributed by atoms with Gasteiger partial charge in [0.2, 0.25) is 5.82 Å². The molecule has 0 unspecified atom stereocenters. The molecule has 3 aromatic rings. The summed E-state index contributed by atoms with van der Waals surface area (Å²) in [6, 6.07) is 6.18. The molecule has 136 valence electrons. The van der Waals surface area contributed by atoms with Gasteiger partial charge in [-0.15, -0.1) is 0 Å². The van der Waals surface area contributed by atoms with Crippen LogP contribution in [0, 0.1) is 13.8 Å². The zero-order valence-electron chi connectivity index (χ0n) is 15.2. The molecule has 0 bridgehead atoms. The van der Waals surface area contributed by atoms with Crippen molar-refractivity contribution in [3.63, 3.8) is 0 Å². The lowest BCUT2D eigenvalue weighted by atomic mass is 10.1. The number of furan rings is 1. The number of para-hydroxylation sites is 1. The highest BCUT2D eigenvalue weighted by molar-refractivity contribution is 5.91. The maximum Gasteiger partial charge on any atom is 0.316 e. The number of nitrogens with one attached hydrogen (secondary N) is 1. The molecule has 2 aromatic heterocycles. The van der Waals surface area contributed by atoms with Gasteiger partial charge in [-0.1, -0.05) is 49.0 Å². The highest BCUT2D eigenvalue weighted by Crippen LogP contribution is 2.33. The molecular formula is C20H23N3O3. The molecule has 4 rings (SSSR count). The van der Waals surface area contributed by atoms with E-state index in [0.717, 1.165) is 47.8 Å². The van der Waals surface area contributed by atoms with Gasteiger partial charge in [-0.25, -0.2) is 0 Å². The molecule has 0 saturated heterocycles. The average molecular weight is 353 g/mol. The number of aryl methyl sites for hydroxylation is 2. The number of rotatable bonds is 3. The van der Waals surface area contributed by atoms with E-state index >= 15 is 0 Å². The van der Waals surface area contributed by atoms with E-state index in [1.165, 1.54) is 12.8 Å². The van der Waals surface area contributed by atoms with Gasteiger partial charge in [0.05, 0.1) is 0 Å². The summed E-state index contributed by atoms with van der Waals surface area (Å²) in [5.41, 5.74) is 2.81. The van der Waals surface area contributed by atoms with E-state index in [9.17, 15) is 4.79 Å². The lowest BCUT2D eigenvalue weighted by molar-refractivity contribution is 0.0889. The van der Waals surface area contributed by atoms with Gasteiger partial charge in [0.1, 0.15) is 5.58 Å². The SMILES string of the molecule is Cc1c(-c2noc(C(=O)NC3CCCCCC3)n2)oc2c(C)cccc12. The van der Waals surface area contributed by atoms with E-state index in [2.05, 4.69) is 15.5 Å². The van der Waals surface area contributed by atoms with Gasteiger partial charge in [-0.2, -0.15) is 4.98 Å². The molecule has 1 aliphatic rings. The quantitative estimate of drug-likeness (QED) is 0.699. The summed E-state index contributed by atoms with van der Waals surface area (Å²) in [6.07, 6.45) is 6.79. The maximum absolute atomic E-state index is 12.4. The topological polar surface area (TPSA) is 81.2 Å². The van der Waals surface area contributed by atoms with Crippen LogP contribution < -0.4 is 5.32 Å². The van der Waals surface area contributed by atoms with Crippen molar-refractivity contribution in [3.8, 4) is 11.6 Å². The molecule has 1 aromatic carbocycles. The van der Waals surface area contributed by atoms with Gasteiger partial charge in [-0.3, -0.25) is 4.79 Å². The number of hydrogen-bond acceptors (Lipinski definition) is 5. The van der Waals surface area contributed by atoms with Crippen LogP contribution in [0.25, 0.3) is 22.6 Å². The Morgan fingerprint density at radius 2 is 1.92 bits per heavy atom. The molecule has 6 nitrogen and oxygen atoms in total. The summed E-state index contributed by atoms with van der Waals surface area (Å²) in [7, 11) is 0. The molecule has 26 heavy (non-hydrogen) atoms. The summed E-state index contributed by atoms with van der Waals surface area (Å²) < 4.78 is 11.2. The maximum atomic E-state index is 12.4. The van der Waals surface area contributed by atoms with Crippen molar-refractivity contribution in [2.45, 2.75) is 58.4 Å². The minimum atomic E-state index is -0.305. The Morgan fingerprint density at radius 1 is 1.15 bits per heavy atom. The molecule has 0 aliphatic heterocycles. The Hall–Kier alpha value is -2.63. The van der Waals surface area contributed by atoms with Crippen LogP contribution in [-0.2, 0) is 0 Å². The van der Waals surface area contributed by atoms with Crippen LogP contribution in [0.15, 0.2) is 27.1 Å². The molecule has 0 spiro atoms. The molecule has 2 heterocycles. The summed E-state index contributed by atoms with van der Waals surface area (Å²) in [5, 5.41) is 8.01. The fraction of sp³-hybridized carbons (Fsp3) is 0.450. The predicted octanol–water partition coefficient (Wildman–Crippen LogP) is 4.55. The summed E-state index contributed by atoms with van der Waals surface area (Å²) >= 11 is 0. The molecule has 1 fully saturated rings. The third-order valence-electron chi connectivity index (χ3n) is 5.17. The second-order valence-corrected chi connectivity index (χ2v) is 7.09. The highest BCUT2D eigenvalue weighted by atomic mass is 16.5. The van der Waals surface area contributed by atoms with Crippen LogP contribution >= 0.6 is 0 Å². The van der Waals surface area contributed by atoms with Crippen molar-refractivity contribution in [2.75, 3.05) is 0 Å². The lowest BCUT2D eigenvalue weighted by Crippen LogP contribution is -2.34. The van der Waals surface area contributed by atoms with Gasteiger partial charge in [-0.05, 0) is 32.3 Å². The summed E-state index contributed by atoms with van der Waals surface area (Å²) in [5.74, 6) is 0.539. The van der Waals surface area contributed by atoms with Crippen LogP contribution in [0.4, 0.5) is 0 Å². The lowest BCUT2D eigenvalue weighted by Gasteiger charge is -2.14. The average Bonchev–Trinajstić information content (AvgIpc) is 3.15. The van der Waals surface area contributed by atoms with Crippen molar-refractivity contribution < 1.29 is 13.7 Å². The first-order chi connectivity index (χ1) is 12.6. The van der Waals surface area contributed by atoms with Crippen molar-refractivity contribution in [1.29, 1.82) is 0 Å². The zero-order valence-corrected chi connectivity index (χ0v) is 15.2. The van der Waals surface area contributed by atoms with Gasteiger partial charge >= 0.3 is 11.8 Å². The Morgan fingerprint density at radius 3 is 2.65 bits per heavy atom. The van der Waals surface area contributed by atoms with Crippen LogP contribution in [0.2, 0.25) is 0 Å². The van der Waals surface area contributed by atoms with E-state index in [1.807, 2.05) is 32.0 Å². The Balaban J connectivity index is 1.57. The van der Waals surface area contributed by atoms with Gasteiger partial charge < -0.3 is 14.3 Å². The number of benzene rings is 1. The molecule has 1 amide bonds. The van der Waals surface area contributed by atoms with Crippen LogP contribution in [0.5, 0.6) is 0 Å². The number of amides is 1. The number of aromatic nitrogens is 2. The molecule has 1 N–H and O–H groups in total. The third kappa shape index (κ3) is 3.11. The monoisotopic (exact) mass is 353 g/mol. The second-order valence-electron chi connectivity index (χ2n) is 7.09. The number of hydrogen-bond donors (Lipinski definition) is 1. The van der Waals surface area contributed by atoms with E-state index in [-0.39, 0.29) is 17.8 Å². The zero-order chi connectivity index (χ0) is 18.1. The number of fused-ring (bicyclic) bond motifs is 1. The van der Waals surface area contributed by atoms with Gasteiger partial charge in [0.25, 0.3) is 0 Å². The molecular weight excluding hydrogens is 330 g/mol. The number of carbonyl (C=O) groups excluding carboxylic acids is 1. The summed E-state index contributed by atoms with van der Waals surface area (Å²) in [4.78, 5) is 16.7. The van der Waals surface area contributed by atoms with Crippen LogP contribution in [0.3, 0.4) is 0 Å². The number of carbonyl (C=O) groups is 1. The Labute approximate surface area is 152 Å². The smallest absolute Gasteiger partial charge is 0.316 e. The van der Waals surface area contributed by atoms with E-state index in [4.69, 9.17) is 8.94 Å². The molecule has 1 aliphatic carbocycles. The fourth-order valence-corrected chi connectivity index (χ4v) is 3.68. The summed E-state index contributed by atoms with van der Waals surface area (Å²) in [6.45, 7) is 3.96. The minimum absolute atomic E-state index is 0.0131. The largest absolute Gasteiger partial charge is 0.452 e.